The number of aliphatic carboxylic acids is 2. The molecule has 0 radical (unpaired) electrons. The van der Waals surface area contributed by atoms with Crippen LogP contribution in [0.25, 0.3) is 0 Å². The van der Waals surface area contributed by atoms with Crippen LogP contribution < -0.4 is 0 Å². The van der Waals surface area contributed by atoms with Gasteiger partial charge < -0.3 is 25.4 Å². The summed E-state index contributed by atoms with van der Waals surface area (Å²) in [5, 5.41) is 32.5. The van der Waals surface area contributed by atoms with E-state index in [1.165, 1.54) is 22.4 Å². The molecule has 136 valence electrons. The van der Waals surface area contributed by atoms with E-state index in [0.29, 0.717) is 5.92 Å². The molecule has 0 spiro atoms. The lowest BCUT2D eigenvalue weighted by molar-refractivity contribution is -0.165. The third-order valence-electron chi connectivity index (χ3n) is 3.82. The number of rotatable bonds is 5. The van der Waals surface area contributed by atoms with Crippen LogP contribution in [0.4, 0.5) is 0 Å². The minimum absolute atomic E-state index is 0.381. The van der Waals surface area contributed by atoms with Gasteiger partial charge in [0.2, 0.25) is 0 Å². The van der Waals surface area contributed by atoms with E-state index in [9.17, 15) is 9.59 Å². The Morgan fingerprint density at radius 2 is 1.60 bits per heavy atom. The molecule has 0 bridgehead atoms. The molecule has 5 N–H and O–H groups in total. The summed E-state index contributed by atoms with van der Waals surface area (Å²) in [6, 6.07) is 6.62. The van der Waals surface area contributed by atoms with Gasteiger partial charge in [-0.3, -0.25) is 0 Å². The second-order valence-corrected chi connectivity index (χ2v) is 5.64. The number of carboxylic acid groups (broad SMARTS) is 2. The number of aromatic nitrogens is 2. The van der Waals surface area contributed by atoms with Gasteiger partial charge in [-0.1, -0.05) is 25.1 Å². The van der Waals surface area contributed by atoms with E-state index in [1.807, 2.05) is 6.20 Å². The van der Waals surface area contributed by atoms with E-state index in [4.69, 9.17) is 20.4 Å². The Kier molecular flexibility index (Phi) is 7.28. The van der Waals surface area contributed by atoms with Gasteiger partial charge in [0.25, 0.3) is 0 Å². The number of carboxylic acids is 2. The van der Waals surface area contributed by atoms with Gasteiger partial charge in [0, 0.05) is 17.8 Å². The Morgan fingerprint density at radius 3 is 2.00 bits per heavy atom. The topological polar surface area (TPSA) is 144 Å². The molecule has 25 heavy (non-hydrogen) atoms. The molecule has 0 fully saturated rings. The fraction of sp³-hybridized carbons (Fsp3) is 0.353. The summed E-state index contributed by atoms with van der Waals surface area (Å²) in [5.74, 6) is -3.16. The van der Waals surface area contributed by atoms with Crippen molar-refractivity contribution in [3.63, 3.8) is 0 Å². The van der Waals surface area contributed by atoms with Crippen LogP contribution in [0.5, 0.6) is 0 Å². The van der Waals surface area contributed by atoms with Crippen LogP contribution in [0.2, 0.25) is 0 Å². The van der Waals surface area contributed by atoms with Crippen molar-refractivity contribution in [3.8, 4) is 0 Å². The average Bonchev–Trinajstić information content (AvgIpc) is 3.10. The molecule has 8 heteroatoms. The van der Waals surface area contributed by atoms with Crippen LogP contribution in [-0.4, -0.2) is 54.5 Å². The Balaban J connectivity index is 0.000000275. The van der Waals surface area contributed by atoms with Gasteiger partial charge in [-0.25, -0.2) is 14.6 Å². The normalized spacial score (nSPS) is 14.0. The van der Waals surface area contributed by atoms with Crippen molar-refractivity contribution in [2.75, 3.05) is 0 Å². The van der Waals surface area contributed by atoms with Crippen LogP contribution in [0, 0.1) is 13.8 Å². The number of hydrogen-bond donors (Lipinski definition) is 5. The summed E-state index contributed by atoms with van der Waals surface area (Å²) in [5.41, 5.74) is 5.19. The number of hydrogen-bond acceptors (Lipinski definition) is 5. The van der Waals surface area contributed by atoms with Crippen molar-refractivity contribution in [2.45, 2.75) is 38.9 Å². The van der Waals surface area contributed by atoms with Gasteiger partial charge in [0.05, 0.1) is 6.33 Å². The van der Waals surface area contributed by atoms with Crippen molar-refractivity contribution in [2.24, 2.45) is 0 Å². The molecule has 3 atom stereocenters. The van der Waals surface area contributed by atoms with Gasteiger partial charge in [-0.2, -0.15) is 0 Å². The second kappa shape index (κ2) is 8.95. The molecular weight excluding hydrogens is 328 g/mol. The highest BCUT2D eigenvalue weighted by Gasteiger charge is 2.29. The fourth-order valence-electron chi connectivity index (χ4n) is 1.99. The summed E-state index contributed by atoms with van der Waals surface area (Å²) in [7, 11) is 0. The molecule has 8 nitrogen and oxygen atoms in total. The van der Waals surface area contributed by atoms with E-state index in [-0.39, 0.29) is 0 Å². The van der Waals surface area contributed by atoms with E-state index in [0.717, 1.165) is 0 Å². The first-order valence-electron chi connectivity index (χ1n) is 7.52. The van der Waals surface area contributed by atoms with Crippen LogP contribution in [0.1, 0.15) is 35.2 Å². The second-order valence-electron chi connectivity index (χ2n) is 5.64. The summed E-state index contributed by atoms with van der Waals surface area (Å²) in [4.78, 5) is 26.8. The summed E-state index contributed by atoms with van der Waals surface area (Å²) in [6.07, 6.45) is -0.915. The minimum atomic E-state index is -2.27. The first-order valence-corrected chi connectivity index (χ1v) is 7.52. The van der Waals surface area contributed by atoms with Gasteiger partial charge in [0.1, 0.15) is 0 Å². The predicted molar refractivity (Wildman–Crippen MR) is 89.3 cm³/mol. The number of aliphatic hydroxyl groups is 2. The Morgan fingerprint density at radius 1 is 1.04 bits per heavy atom. The largest absolute Gasteiger partial charge is 0.479 e. The lowest BCUT2D eigenvalue weighted by Crippen LogP contribution is -2.39. The fourth-order valence-corrected chi connectivity index (χ4v) is 1.99. The molecule has 0 aliphatic rings. The first-order chi connectivity index (χ1) is 11.6. The van der Waals surface area contributed by atoms with Gasteiger partial charge in [-0.05, 0) is 30.5 Å². The van der Waals surface area contributed by atoms with Crippen LogP contribution in [0.3, 0.4) is 0 Å². The Hall–Kier alpha value is -2.71. The Labute approximate surface area is 144 Å². The van der Waals surface area contributed by atoms with Crippen LogP contribution in [-0.2, 0) is 9.59 Å². The number of nitrogens with zero attached hydrogens (tertiary/aromatic N) is 1. The van der Waals surface area contributed by atoms with Gasteiger partial charge >= 0.3 is 11.9 Å². The summed E-state index contributed by atoms with van der Waals surface area (Å²) < 4.78 is 0. The lowest BCUT2D eigenvalue weighted by atomic mass is 9.95. The zero-order valence-corrected chi connectivity index (χ0v) is 14.2. The molecule has 0 saturated heterocycles. The third kappa shape index (κ3) is 5.70. The highest BCUT2D eigenvalue weighted by atomic mass is 16.4. The highest BCUT2D eigenvalue weighted by molar-refractivity contribution is 5.83. The zero-order valence-electron chi connectivity index (χ0n) is 14.2. The molecule has 0 unspecified atom stereocenters. The number of carbonyl (C=O) groups is 2. The molecule has 2 aromatic rings. The number of nitrogens with one attached hydrogen (secondary N) is 1. The molecular formula is C17H22N2O6. The molecule has 1 heterocycles. The van der Waals surface area contributed by atoms with Crippen molar-refractivity contribution in [3.05, 3.63) is 53.1 Å². The monoisotopic (exact) mass is 350 g/mol. The van der Waals surface area contributed by atoms with Crippen LogP contribution >= 0.6 is 0 Å². The molecule has 0 aliphatic carbocycles. The molecule has 1 aromatic carbocycles. The SMILES string of the molecule is Cc1ccc([C@@H](C)c2cnc[nH]2)cc1C.O=C(O)[C@H](O)[C@@H](O)C(=O)O. The minimum Gasteiger partial charge on any atom is -0.479 e. The third-order valence-corrected chi connectivity index (χ3v) is 3.82. The van der Waals surface area contributed by atoms with Gasteiger partial charge in [-0.15, -0.1) is 0 Å². The Bertz CT molecular complexity index is 696. The standard InChI is InChI=1S/C13H16N2.C4H6O6/c1-9-4-5-12(6-10(9)2)11(3)13-7-14-8-15-13;5-1(3(7)8)2(6)4(9)10/h4-8,11H,1-3H3,(H,14,15);1-2,5-6H,(H,7,8)(H,9,10)/t11-;1-,2-/m11/s1. The van der Waals surface area contributed by atoms with E-state index in [1.54, 1.807) is 6.33 Å². The molecule has 0 amide bonds. The number of aliphatic hydroxyl groups excluding tert-OH is 2. The number of benzene rings is 1. The van der Waals surface area contributed by atoms with Crippen molar-refractivity contribution in [1.82, 2.24) is 9.97 Å². The maximum atomic E-state index is 9.77. The van der Waals surface area contributed by atoms with Gasteiger partial charge in [0.15, 0.2) is 12.2 Å². The number of aromatic amines is 1. The van der Waals surface area contributed by atoms with E-state index >= 15 is 0 Å². The van der Waals surface area contributed by atoms with E-state index < -0.39 is 24.1 Å². The average molecular weight is 350 g/mol. The van der Waals surface area contributed by atoms with Crippen molar-refractivity contribution in [1.29, 1.82) is 0 Å². The van der Waals surface area contributed by atoms with Crippen LogP contribution in [0.15, 0.2) is 30.7 Å². The maximum Gasteiger partial charge on any atom is 0.335 e. The highest BCUT2D eigenvalue weighted by Crippen LogP contribution is 2.23. The summed E-state index contributed by atoms with van der Waals surface area (Å²) >= 11 is 0. The molecule has 0 saturated carbocycles. The molecule has 2 rings (SSSR count). The zero-order chi connectivity index (χ0) is 19.1. The molecule has 1 aromatic heterocycles. The maximum absolute atomic E-state index is 9.77. The van der Waals surface area contributed by atoms with Crippen molar-refractivity contribution >= 4 is 11.9 Å². The number of imidazole rings is 1. The smallest absolute Gasteiger partial charge is 0.335 e. The summed E-state index contributed by atoms with van der Waals surface area (Å²) in [6.45, 7) is 6.48. The molecule has 0 aliphatic heterocycles. The van der Waals surface area contributed by atoms with E-state index in [2.05, 4.69) is 48.9 Å². The van der Waals surface area contributed by atoms with Crippen molar-refractivity contribution < 1.29 is 30.0 Å². The first kappa shape index (κ1) is 20.3. The number of aryl methyl sites for hydroxylation is 2. The number of H-pyrrole nitrogens is 1. The lowest BCUT2D eigenvalue weighted by Gasteiger charge is -2.11. The quantitative estimate of drug-likeness (QED) is 0.542. The predicted octanol–water partition coefficient (Wildman–Crippen LogP) is 1.06.